The van der Waals surface area contributed by atoms with Gasteiger partial charge in [-0.05, 0) is 32.8 Å². The molecule has 0 aromatic carbocycles. The minimum Gasteiger partial charge on any atom is -0.506 e. The predicted molar refractivity (Wildman–Crippen MR) is 61.1 cm³/mol. The number of pyridine rings is 1. The summed E-state index contributed by atoms with van der Waals surface area (Å²) in [5, 5.41) is 22.9. The summed E-state index contributed by atoms with van der Waals surface area (Å²) >= 11 is 0. The van der Waals surface area contributed by atoms with Gasteiger partial charge in [0, 0.05) is 23.3 Å². The maximum Gasteiger partial charge on any atom is 0.134 e. The van der Waals surface area contributed by atoms with E-state index in [-0.39, 0.29) is 17.3 Å². The number of hydrogen-bond acceptors (Lipinski definition) is 4. The van der Waals surface area contributed by atoms with Crippen LogP contribution in [0.15, 0.2) is 18.5 Å². The summed E-state index contributed by atoms with van der Waals surface area (Å²) in [6.07, 6.45) is 4.33. The van der Waals surface area contributed by atoms with Gasteiger partial charge < -0.3 is 15.5 Å². The smallest absolute Gasteiger partial charge is 0.134 e. The largest absolute Gasteiger partial charge is 0.506 e. The third-order valence-corrected chi connectivity index (χ3v) is 3.12. The van der Waals surface area contributed by atoms with Crippen molar-refractivity contribution in [2.24, 2.45) is 0 Å². The molecule has 0 spiro atoms. The highest BCUT2D eigenvalue weighted by molar-refractivity contribution is 5.25. The summed E-state index contributed by atoms with van der Waals surface area (Å²) in [4.78, 5) is 3.88. The highest BCUT2D eigenvalue weighted by atomic mass is 16.3. The third-order valence-electron chi connectivity index (χ3n) is 3.12. The molecule has 0 saturated carbocycles. The van der Waals surface area contributed by atoms with Crippen molar-refractivity contribution in [1.29, 1.82) is 0 Å². The van der Waals surface area contributed by atoms with E-state index in [1.165, 1.54) is 6.20 Å². The molecule has 16 heavy (non-hydrogen) atoms. The second-order valence-corrected chi connectivity index (χ2v) is 5.09. The average Bonchev–Trinajstić information content (AvgIpc) is 2.58. The van der Waals surface area contributed by atoms with E-state index in [1.807, 2.05) is 0 Å². The van der Waals surface area contributed by atoms with E-state index in [9.17, 15) is 10.2 Å². The molecule has 0 aliphatic carbocycles. The van der Waals surface area contributed by atoms with Crippen LogP contribution in [0.4, 0.5) is 0 Å². The van der Waals surface area contributed by atoms with Gasteiger partial charge in [0.15, 0.2) is 0 Å². The van der Waals surface area contributed by atoms with E-state index in [4.69, 9.17) is 0 Å². The van der Waals surface area contributed by atoms with E-state index in [1.54, 1.807) is 12.3 Å². The first-order valence-electron chi connectivity index (χ1n) is 5.58. The molecule has 2 rings (SSSR count). The van der Waals surface area contributed by atoms with Crippen LogP contribution in [-0.4, -0.2) is 26.8 Å². The lowest BCUT2D eigenvalue weighted by Gasteiger charge is -2.23. The van der Waals surface area contributed by atoms with Crippen molar-refractivity contribution in [3.63, 3.8) is 0 Å². The molecule has 0 radical (unpaired) electrons. The van der Waals surface area contributed by atoms with E-state index in [0.29, 0.717) is 5.56 Å². The number of nitrogens with one attached hydrogen (secondary N) is 1. The van der Waals surface area contributed by atoms with Gasteiger partial charge in [0.05, 0.1) is 12.3 Å². The van der Waals surface area contributed by atoms with Crippen LogP contribution in [0.2, 0.25) is 0 Å². The Morgan fingerprint density at radius 3 is 2.81 bits per heavy atom. The molecule has 2 atom stereocenters. The minimum atomic E-state index is -0.610. The molecule has 1 aliphatic rings. The maximum atomic E-state index is 10.2. The Balaban J connectivity index is 2.11. The van der Waals surface area contributed by atoms with Crippen molar-refractivity contribution in [2.75, 3.05) is 0 Å². The van der Waals surface area contributed by atoms with Crippen molar-refractivity contribution in [2.45, 2.75) is 44.4 Å². The molecule has 1 aromatic rings. The van der Waals surface area contributed by atoms with Crippen molar-refractivity contribution in [1.82, 2.24) is 10.3 Å². The van der Waals surface area contributed by atoms with Crippen molar-refractivity contribution in [3.05, 3.63) is 24.0 Å². The fourth-order valence-electron chi connectivity index (χ4n) is 2.24. The summed E-state index contributed by atoms with van der Waals surface area (Å²) in [5.74, 6) is 0.0915. The van der Waals surface area contributed by atoms with Crippen LogP contribution < -0.4 is 5.32 Å². The van der Waals surface area contributed by atoms with Gasteiger partial charge in [-0.25, -0.2) is 0 Å². The van der Waals surface area contributed by atoms with Gasteiger partial charge in [-0.3, -0.25) is 4.98 Å². The first kappa shape index (κ1) is 11.4. The zero-order valence-electron chi connectivity index (χ0n) is 9.64. The molecule has 3 N–H and O–H groups in total. The number of aromatic nitrogens is 1. The predicted octanol–water partition coefficient (Wildman–Crippen LogP) is 1.35. The molecule has 4 heteroatoms. The lowest BCUT2D eigenvalue weighted by molar-refractivity contribution is 0.131. The third kappa shape index (κ3) is 2.33. The van der Waals surface area contributed by atoms with Gasteiger partial charge in [0.1, 0.15) is 5.75 Å². The first-order chi connectivity index (χ1) is 7.48. The lowest BCUT2D eigenvalue weighted by Crippen LogP contribution is -2.40. The van der Waals surface area contributed by atoms with Gasteiger partial charge >= 0.3 is 0 Å². The molecule has 1 aliphatic heterocycles. The number of hydrogen-bond donors (Lipinski definition) is 3. The molecule has 4 nitrogen and oxygen atoms in total. The monoisotopic (exact) mass is 222 g/mol. The van der Waals surface area contributed by atoms with Gasteiger partial charge in [0.25, 0.3) is 0 Å². The van der Waals surface area contributed by atoms with Crippen LogP contribution in [0.5, 0.6) is 5.75 Å². The Morgan fingerprint density at radius 1 is 1.50 bits per heavy atom. The summed E-state index contributed by atoms with van der Waals surface area (Å²) in [6, 6.07) is 1.60. The molecule has 0 bridgehead atoms. The Kier molecular flexibility index (Phi) is 2.86. The molecule has 1 fully saturated rings. The van der Waals surface area contributed by atoms with Gasteiger partial charge in [0.2, 0.25) is 0 Å². The zero-order chi connectivity index (χ0) is 11.8. The van der Waals surface area contributed by atoms with Crippen LogP contribution in [0.3, 0.4) is 0 Å². The van der Waals surface area contributed by atoms with Crippen molar-refractivity contribution < 1.29 is 10.2 Å². The van der Waals surface area contributed by atoms with Gasteiger partial charge in [-0.1, -0.05) is 0 Å². The summed E-state index contributed by atoms with van der Waals surface area (Å²) in [5.41, 5.74) is 0.741. The second kappa shape index (κ2) is 4.03. The molecular weight excluding hydrogens is 204 g/mol. The van der Waals surface area contributed by atoms with Gasteiger partial charge in [-0.2, -0.15) is 0 Å². The summed E-state index contributed by atoms with van der Waals surface area (Å²) in [7, 11) is 0. The Bertz CT molecular complexity index is 379. The van der Waals surface area contributed by atoms with Crippen LogP contribution >= 0.6 is 0 Å². The Labute approximate surface area is 95.3 Å². The standard InChI is InChI=1S/C12H18N2O2/c1-12(2)4-3-10(14-12)11(16)8-5-9(15)7-13-6-8/h5-7,10-11,14-16H,3-4H2,1-2H3/t10?,11-/m0/s1. The first-order valence-corrected chi connectivity index (χ1v) is 5.58. The highest BCUT2D eigenvalue weighted by Gasteiger charge is 2.34. The van der Waals surface area contributed by atoms with Gasteiger partial charge in [-0.15, -0.1) is 0 Å². The Morgan fingerprint density at radius 2 is 2.25 bits per heavy atom. The fraction of sp³-hybridized carbons (Fsp3) is 0.583. The minimum absolute atomic E-state index is 0.0404. The van der Waals surface area contributed by atoms with Crippen molar-refractivity contribution in [3.8, 4) is 5.75 Å². The topological polar surface area (TPSA) is 65.4 Å². The molecule has 2 heterocycles. The van der Waals surface area contributed by atoms with E-state index >= 15 is 0 Å². The Hall–Kier alpha value is -1.13. The number of aliphatic hydroxyl groups is 1. The summed E-state index contributed by atoms with van der Waals surface area (Å²) in [6.45, 7) is 4.25. The quantitative estimate of drug-likeness (QED) is 0.706. The number of aromatic hydroxyl groups is 1. The molecule has 1 saturated heterocycles. The second-order valence-electron chi connectivity index (χ2n) is 5.09. The normalized spacial score (nSPS) is 25.6. The van der Waals surface area contributed by atoms with Crippen LogP contribution in [0.1, 0.15) is 38.4 Å². The number of aliphatic hydroxyl groups excluding tert-OH is 1. The number of rotatable bonds is 2. The molecule has 0 amide bonds. The van der Waals surface area contributed by atoms with E-state index in [0.717, 1.165) is 12.8 Å². The molecular formula is C12H18N2O2. The SMILES string of the molecule is CC1(C)CCC([C@@H](O)c2cncc(O)c2)N1. The number of nitrogens with zero attached hydrogens (tertiary/aromatic N) is 1. The van der Waals surface area contributed by atoms with Crippen LogP contribution in [0, 0.1) is 0 Å². The van der Waals surface area contributed by atoms with Crippen LogP contribution in [-0.2, 0) is 0 Å². The van der Waals surface area contributed by atoms with E-state index < -0.39 is 6.10 Å². The average molecular weight is 222 g/mol. The van der Waals surface area contributed by atoms with Crippen LogP contribution in [0.25, 0.3) is 0 Å². The molecule has 1 aromatic heterocycles. The van der Waals surface area contributed by atoms with Crippen molar-refractivity contribution >= 4 is 0 Å². The fourth-order valence-corrected chi connectivity index (χ4v) is 2.24. The summed E-state index contributed by atoms with van der Waals surface area (Å²) < 4.78 is 0. The molecule has 1 unspecified atom stereocenters. The zero-order valence-corrected chi connectivity index (χ0v) is 9.64. The molecule has 88 valence electrons. The maximum absolute atomic E-state index is 10.2. The highest BCUT2D eigenvalue weighted by Crippen LogP contribution is 2.30. The van der Waals surface area contributed by atoms with E-state index in [2.05, 4.69) is 24.1 Å². The lowest BCUT2D eigenvalue weighted by atomic mass is 10.0.